The second kappa shape index (κ2) is 5.01. The summed E-state index contributed by atoms with van der Waals surface area (Å²) in [6.07, 6.45) is -0.875. The zero-order chi connectivity index (χ0) is 16.2. The molecule has 0 N–H and O–H groups in total. The van der Waals surface area contributed by atoms with Crippen LogP contribution in [-0.4, -0.2) is 49.1 Å². The lowest BCUT2D eigenvalue weighted by atomic mass is 10.1. The van der Waals surface area contributed by atoms with Gasteiger partial charge in [0, 0.05) is 13.5 Å². The summed E-state index contributed by atoms with van der Waals surface area (Å²) in [5.41, 5.74) is -0.139. The van der Waals surface area contributed by atoms with Crippen LogP contribution in [0, 0.1) is 0 Å². The number of fused-ring (bicyclic) bond motifs is 2. The molecule has 1 saturated carbocycles. The first-order chi connectivity index (χ1) is 11.0. The smallest absolute Gasteiger partial charge is 0.338 e. The number of rotatable bonds is 3. The number of esters is 1. The van der Waals surface area contributed by atoms with E-state index >= 15 is 0 Å². The van der Waals surface area contributed by atoms with E-state index in [1.165, 1.54) is 0 Å². The van der Waals surface area contributed by atoms with E-state index in [1.807, 2.05) is 19.9 Å². The molecule has 0 aromatic heterocycles. The van der Waals surface area contributed by atoms with Crippen LogP contribution in [-0.2, 0) is 23.7 Å². The first kappa shape index (κ1) is 15.1. The third-order valence-corrected chi connectivity index (χ3v) is 4.59. The molecule has 1 aliphatic carbocycles. The number of ether oxygens (including phenoxy) is 5. The maximum absolute atomic E-state index is 12.2. The molecule has 4 rings (SSSR count). The van der Waals surface area contributed by atoms with Crippen molar-refractivity contribution in [3.8, 4) is 0 Å². The molecule has 1 aromatic carbocycles. The number of hydrogen-bond acceptors (Lipinski definition) is 6. The SMILES string of the molecule is CO[C@@H]1OC2(CC2OC(=O)c2ccccc2)C2OC(C)(C)O[C@@H]21. The average molecular weight is 320 g/mol. The summed E-state index contributed by atoms with van der Waals surface area (Å²) in [6.45, 7) is 3.72. The molecular weight excluding hydrogens is 300 g/mol. The lowest BCUT2D eigenvalue weighted by Gasteiger charge is -2.23. The number of carbonyl (C=O) groups is 1. The molecule has 6 heteroatoms. The highest BCUT2D eigenvalue weighted by Crippen LogP contribution is 2.57. The second-order valence-electron chi connectivity index (χ2n) is 6.66. The standard InChI is InChI=1S/C17H20O6/c1-16(2)21-12-13(22-16)17(23-15(12)19-3)9-11(17)20-14(18)10-7-5-4-6-8-10/h4-8,11-13,15H,9H2,1-3H3/t11?,12-,13?,15+,17?/m0/s1. The second-order valence-corrected chi connectivity index (χ2v) is 6.66. The molecule has 2 heterocycles. The van der Waals surface area contributed by atoms with E-state index in [9.17, 15) is 4.79 Å². The Labute approximate surface area is 134 Å². The van der Waals surface area contributed by atoms with Crippen LogP contribution >= 0.6 is 0 Å². The molecule has 124 valence electrons. The number of methoxy groups -OCH3 is 1. The fraction of sp³-hybridized carbons (Fsp3) is 0.588. The molecular formula is C17H20O6. The van der Waals surface area contributed by atoms with Crippen molar-refractivity contribution in [1.29, 1.82) is 0 Å². The molecule has 3 fully saturated rings. The van der Waals surface area contributed by atoms with Gasteiger partial charge in [0.15, 0.2) is 12.1 Å². The predicted molar refractivity (Wildman–Crippen MR) is 78.7 cm³/mol. The van der Waals surface area contributed by atoms with Crippen molar-refractivity contribution in [2.24, 2.45) is 0 Å². The molecule has 3 aliphatic rings. The average Bonchev–Trinajstić information content (AvgIpc) is 3.00. The van der Waals surface area contributed by atoms with Crippen LogP contribution in [0.2, 0.25) is 0 Å². The van der Waals surface area contributed by atoms with Gasteiger partial charge in [0.25, 0.3) is 0 Å². The fourth-order valence-electron chi connectivity index (χ4n) is 3.47. The lowest BCUT2D eigenvalue weighted by molar-refractivity contribution is -0.236. The Morgan fingerprint density at radius 2 is 1.91 bits per heavy atom. The normalized spacial score (nSPS) is 40.1. The Morgan fingerprint density at radius 3 is 2.61 bits per heavy atom. The summed E-state index contributed by atoms with van der Waals surface area (Å²) in [5.74, 6) is -1.05. The van der Waals surface area contributed by atoms with E-state index in [4.69, 9.17) is 23.7 Å². The first-order valence-corrected chi connectivity index (χ1v) is 7.77. The molecule has 0 bridgehead atoms. The quantitative estimate of drug-likeness (QED) is 0.793. The van der Waals surface area contributed by atoms with Crippen LogP contribution in [0.3, 0.4) is 0 Å². The van der Waals surface area contributed by atoms with E-state index in [-0.39, 0.29) is 24.3 Å². The van der Waals surface area contributed by atoms with Crippen molar-refractivity contribution in [1.82, 2.24) is 0 Å². The van der Waals surface area contributed by atoms with Crippen molar-refractivity contribution in [2.45, 2.75) is 56.3 Å². The van der Waals surface area contributed by atoms with E-state index in [1.54, 1.807) is 31.4 Å². The van der Waals surface area contributed by atoms with Gasteiger partial charge in [-0.1, -0.05) is 18.2 Å². The zero-order valence-corrected chi connectivity index (χ0v) is 13.4. The molecule has 2 aliphatic heterocycles. The van der Waals surface area contributed by atoms with Crippen LogP contribution in [0.1, 0.15) is 30.6 Å². The van der Waals surface area contributed by atoms with Gasteiger partial charge in [-0.05, 0) is 26.0 Å². The number of carbonyl (C=O) groups excluding carboxylic acids is 1. The van der Waals surface area contributed by atoms with Crippen molar-refractivity contribution < 1.29 is 28.5 Å². The van der Waals surface area contributed by atoms with E-state index in [0.29, 0.717) is 12.0 Å². The Morgan fingerprint density at radius 1 is 1.17 bits per heavy atom. The molecule has 2 saturated heterocycles. The largest absolute Gasteiger partial charge is 0.455 e. The molecule has 3 unspecified atom stereocenters. The summed E-state index contributed by atoms with van der Waals surface area (Å²) in [4.78, 5) is 12.2. The van der Waals surface area contributed by atoms with Gasteiger partial charge in [-0.15, -0.1) is 0 Å². The van der Waals surface area contributed by atoms with Gasteiger partial charge in [0.05, 0.1) is 5.56 Å². The highest BCUT2D eigenvalue weighted by molar-refractivity contribution is 5.89. The van der Waals surface area contributed by atoms with Crippen molar-refractivity contribution >= 4 is 5.97 Å². The summed E-state index contributed by atoms with van der Waals surface area (Å²) in [6, 6.07) is 8.92. The Hall–Kier alpha value is -1.47. The Bertz CT molecular complexity index is 615. The van der Waals surface area contributed by atoms with Gasteiger partial charge in [-0.2, -0.15) is 0 Å². The minimum absolute atomic E-state index is 0.295. The minimum atomic E-state index is -0.695. The molecule has 5 atom stereocenters. The van der Waals surface area contributed by atoms with Gasteiger partial charge in [-0.25, -0.2) is 4.79 Å². The molecule has 23 heavy (non-hydrogen) atoms. The summed E-state index contributed by atoms with van der Waals surface area (Å²) >= 11 is 0. The Kier molecular flexibility index (Phi) is 3.29. The van der Waals surface area contributed by atoms with E-state index in [2.05, 4.69) is 0 Å². The van der Waals surface area contributed by atoms with Crippen LogP contribution < -0.4 is 0 Å². The maximum Gasteiger partial charge on any atom is 0.338 e. The van der Waals surface area contributed by atoms with Gasteiger partial charge in [0.1, 0.15) is 23.9 Å². The van der Waals surface area contributed by atoms with Crippen LogP contribution in [0.25, 0.3) is 0 Å². The molecule has 1 spiro atoms. The van der Waals surface area contributed by atoms with Gasteiger partial charge < -0.3 is 23.7 Å². The lowest BCUT2D eigenvalue weighted by Crippen LogP contribution is -2.35. The monoisotopic (exact) mass is 320 g/mol. The predicted octanol–water partition coefficient (Wildman–Crippen LogP) is 1.88. The number of hydrogen-bond donors (Lipinski definition) is 0. The summed E-state index contributed by atoms with van der Waals surface area (Å²) in [5, 5.41) is 0. The third-order valence-electron chi connectivity index (χ3n) is 4.59. The fourth-order valence-corrected chi connectivity index (χ4v) is 3.47. The van der Waals surface area contributed by atoms with E-state index < -0.39 is 17.7 Å². The van der Waals surface area contributed by atoms with Gasteiger partial charge in [-0.3, -0.25) is 0 Å². The van der Waals surface area contributed by atoms with Gasteiger partial charge >= 0.3 is 5.97 Å². The third kappa shape index (κ3) is 2.37. The molecule has 0 radical (unpaired) electrons. The van der Waals surface area contributed by atoms with Crippen LogP contribution in [0.15, 0.2) is 30.3 Å². The minimum Gasteiger partial charge on any atom is -0.455 e. The maximum atomic E-state index is 12.2. The highest BCUT2D eigenvalue weighted by Gasteiger charge is 2.75. The molecule has 1 aromatic rings. The van der Waals surface area contributed by atoms with Gasteiger partial charge in [0.2, 0.25) is 0 Å². The molecule has 6 nitrogen and oxygen atoms in total. The summed E-state index contributed by atoms with van der Waals surface area (Å²) < 4.78 is 28.8. The molecule has 0 amide bonds. The highest BCUT2D eigenvalue weighted by atomic mass is 16.8. The Balaban J connectivity index is 1.49. The van der Waals surface area contributed by atoms with Crippen LogP contribution in [0.4, 0.5) is 0 Å². The zero-order valence-electron chi connectivity index (χ0n) is 13.4. The van der Waals surface area contributed by atoms with Crippen molar-refractivity contribution in [2.75, 3.05) is 7.11 Å². The van der Waals surface area contributed by atoms with Crippen molar-refractivity contribution in [3.63, 3.8) is 0 Å². The first-order valence-electron chi connectivity index (χ1n) is 7.77. The van der Waals surface area contributed by atoms with Crippen molar-refractivity contribution in [3.05, 3.63) is 35.9 Å². The van der Waals surface area contributed by atoms with E-state index in [0.717, 1.165) is 0 Å². The summed E-state index contributed by atoms with van der Waals surface area (Å²) in [7, 11) is 1.57. The topological polar surface area (TPSA) is 63.2 Å². The number of benzene rings is 1. The van der Waals surface area contributed by atoms with Crippen LogP contribution in [0.5, 0.6) is 0 Å².